The van der Waals surface area contributed by atoms with Crippen molar-refractivity contribution in [2.24, 2.45) is 0 Å². The second-order valence-corrected chi connectivity index (χ2v) is 7.45. The van der Waals surface area contributed by atoms with Crippen LogP contribution in [0, 0.1) is 13.8 Å². The molecule has 140 valence electrons. The summed E-state index contributed by atoms with van der Waals surface area (Å²) in [6.45, 7) is 10.9. The number of hydrogen-bond donors (Lipinski definition) is 0. The van der Waals surface area contributed by atoms with E-state index in [1.54, 1.807) is 14.3 Å². The smallest absolute Gasteiger partial charge is 0.410 e. The molecule has 2 aromatic heterocycles. The van der Waals surface area contributed by atoms with E-state index in [4.69, 9.17) is 4.74 Å². The standard InChI is InChI=1S/C17H24N6O3/c1-11-10-12(2)23-15(18-11)19-13(20-23)14(24)21-6-8-22(9-7-21)16(25)26-17(3,4)5/h10H,6-9H2,1-5H3. The van der Waals surface area contributed by atoms with Gasteiger partial charge in [-0.2, -0.15) is 4.98 Å². The third-order valence-corrected chi connectivity index (χ3v) is 4.03. The summed E-state index contributed by atoms with van der Waals surface area (Å²) in [6.07, 6.45) is -0.356. The lowest BCUT2D eigenvalue weighted by Crippen LogP contribution is -2.51. The maximum Gasteiger partial charge on any atom is 0.410 e. The third kappa shape index (κ3) is 3.76. The number of carbonyl (C=O) groups is 2. The Morgan fingerprint density at radius 2 is 1.65 bits per heavy atom. The zero-order chi connectivity index (χ0) is 19.1. The Morgan fingerprint density at radius 1 is 1.04 bits per heavy atom. The molecule has 0 saturated carbocycles. The number of rotatable bonds is 1. The van der Waals surface area contributed by atoms with E-state index in [0.717, 1.165) is 11.4 Å². The average Bonchev–Trinajstić information content (AvgIpc) is 2.97. The Balaban J connectivity index is 1.67. The van der Waals surface area contributed by atoms with Crippen LogP contribution in [0.5, 0.6) is 0 Å². The lowest BCUT2D eigenvalue weighted by Gasteiger charge is -2.35. The van der Waals surface area contributed by atoms with E-state index in [0.29, 0.717) is 32.0 Å². The van der Waals surface area contributed by atoms with Crippen LogP contribution >= 0.6 is 0 Å². The van der Waals surface area contributed by atoms with E-state index in [-0.39, 0.29) is 17.8 Å². The molecule has 0 spiro atoms. The molecule has 1 saturated heterocycles. The normalized spacial score (nSPS) is 15.4. The van der Waals surface area contributed by atoms with Crippen LogP contribution in [0.4, 0.5) is 4.79 Å². The summed E-state index contributed by atoms with van der Waals surface area (Å²) in [4.78, 5) is 36.6. The molecule has 3 rings (SSSR count). The van der Waals surface area contributed by atoms with Crippen molar-refractivity contribution in [1.29, 1.82) is 0 Å². The number of nitrogens with zero attached hydrogens (tertiary/aromatic N) is 6. The van der Waals surface area contributed by atoms with E-state index in [9.17, 15) is 9.59 Å². The maximum absolute atomic E-state index is 12.7. The first-order chi connectivity index (χ1) is 12.1. The van der Waals surface area contributed by atoms with Crippen LogP contribution in [0.25, 0.3) is 5.78 Å². The number of hydrogen-bond acceptors (Lipinski definition) is 6. The zero-order valence-electron chi connectivity index (χ0n) is 15.8. The molecule has 2 aromatic rings. The minimum Gasteiger partial charge on any atom is -0.444 e. The van der Waals surface area contributed by atoms with E-state index >= 15 is 0 Å². The van der Waals surface area contributed by atoms with E-state index in [1.807, 2.05) is 40.7 Å². The van der Waals surface area contributed by atoms with Crippen LogP contribution in [0.3, 0.4) is 0 Å². The van der Waals surface area contributed by atoms with Crippen molar-refractivity contribution in [3.63, 3.8) is 0 Å². The fourth-order valence-corrected chi connectivity index (χ4v) is 2.82. The van der Waals surface area contributed by atoms with Crippen molar-refractivity contribution in [2.45, 2.75) is 40.2 Å². The van der Waals surface area contributed by atoms with Crippen molar-refractivity contribution >= 4 is 17.8 Å². The summed E-state index contributed by atoms with van der Waals surface area (Å²) >= 11 is 0. The van der Waals surface area contributed by atoms with Crippen molar-refractivity contribution in [3.05, 3.63) is 23.3 Å². The number of carbonyl (C=O) groups excluding carboxylic acids is 2. The monoisotopic (exact) mass is 360 g/mol. The van der Waals surface area contributed by atoms with E-state index in [2.05, 4.69) is 15.1 Å². The number of fused-ring (bicyclic) bond motifs is 1. The topological polar surface area (TPSA) is 92.9 Å². The average molecular weight is 360 g/mol. The van der Waals surface area contributed by atoms with Gasteiger partial charge in [-0.15, -0.1) is 5.10 Å². The molecule has 9 nitrogen and oxygen atoms in total. The predicted octanol–water partition coefficient (Wildman–Crippen LogP) is 1.43. The molecule has 26 heavy (non-hydrogen) atoms. The number of aromatic nitrogens is 4. The number of amides is 2. The van der Waals surface area contributed by atoms with Crippen molar-refractivity contribution in [3.8, 4) is 0 Å². The summed E-state index contributed by atoms with van der Waals surface area (Å²) in [7, 11) is 0. The molecule has 3 heterocycles. The molecule has 1 aliphatic rings. The van der Waals surface area contributed by atoms with Gasteiger partial charge in [0.2, 0.25) is 5.82 Å². The molecule has 0 aliphatic carbocycles. The Bertz CT molecular complexity index is 846. The molecular formula is C17H24N6O3. The fourth-order valence-electron chi connectivity index (χ4n) is 2.82. The lowest BCUT2D eigenvalue weighted by molar-refractivity contribution is 0.0139. The van der Waals surface area contributed by atoms with Crippen LogP contribution in [0.2, 0.25) is 0 Å². The van der Waals surface area contributed by atoms with Gasteiger partial charge in [0.25, 0.3) is 11.7 Å². The molecule has 0 bridgehead atoms. The van der Waals surface area contributed by atoms with Gasteiger partial charge in [-0.05, 0) is 40.7 Å². The Kier molecular flexibility index (Phi) is 4.55. The second-order valence-electron chi connectivity index (χ2n) is 7.45. The molecule has 1 fully saturated rings. The maximum atomic E-state index is 12.7. The Labute approximate surface area is 152 Å². The van der Waals surface area contributed by atoms with Gasteiger partial charge in [-0.1, -0.05) is 0 Å². The number of piperazine rings is 1. The van der Waals surface area contributed by atoms with Crippen LogP contribution in [0.15, 0.2) is 6.07 Å². The van der Waals surface area contributed by atoms with Gasteiger partial charge in [-0.3, -0.25) is 4.79 Å². The van der Waals surface area contributed by atoms with E-state index in [1.165, 1.54) is 0 Å². The largest absolute Gasteiger partial charge is 0.444 e. The highest BCUT2D eigenvalue weighted by Gasteiger charge is 2.29. The molecule has 2 amide bonds. The van der Waals surface area contributed by atoms with Crippen LogP contribution in [-0.2, 0) is 4.74 Å². The Hall–Kier alpha value is -2.71. The Morgan fingerprint density at radius 3 is 2.27 bits per heavy atom. The summed E-state index contributed by atoms with van der Waals surface area (Å²) < 4.78 is 6.94. The van der Waals surface area contributed by atoms with Gasteiger partial charge in [0.05, 0.1) is 0 Å². The molecule has 0 radical (unpaired) electrons. The van der Waals surface area contributed by atoms with Crippen molar-refractivity contribution < 1.29 is 14.3 Å². The van der Waals surface area contributed by atoms with Gasteiger partial charge in [0.15, 0.2) is 0 Å². The zero-order valence-corrected chi connectivity index (χ0v) is 15.8. The fraction of sp³-hybridized carbons (Fsp3) is 0.588. The molecular weight excluding hydrogens is 336 g/mol. The quantitative estimate of drug-likeness (QED) is 0.764. The first-order valence-corrected chi connectivity index (χ1v) is 8.62. The second kappa shape index (κ2) is 6.54. The number of aryl methyl sites for hydroxylation is 2. The molecule has 9 heteroatoms. The van der Waals surface area contributed by atoms with Crippen LogP contribution < -0.4 is 0 Å². The SMILES string of the molecule is Cc1cc(C)n2nc(C(=O)N3CCN(C(=O)OC(C)(C)C)CC3)nc2n1. The highest BCUT2D eigenvalue weighted by Crippen LogP contribution is 2.13. The lowest BCUT2D eigenvalue weighted by atomic mass is 10.2. The van der Waals surface area contributed by atoms with Gasteiger partial charge < -0.3 is 14.5 Å². The van der Waals surface area contributed by atoms with Crippen molar-refractivity contribution in [2.75, 3.05) is 26.2 Å². The minimum atomic E-state index is -0.534. The van der Waals surface area contributed by atoms with Gasteiger partial charge in [-0.25, -0.2) is 14.3 Å². The first kappa shape index (κ1) is 18.1. The summed E-state index contributed by atoms with van der Waals surface area (Å²) in [6, 6.07) is 1.88. The molecule has 0 aromatic carbocycles. The number of ether oxygens (including phenoxy) is 1. The van der Waals surface area contributed by atoms with Crippen LogP contribution in [-0.4, -0.2) is 73.2 Å². The van der Waals surface area contributed by atoms with Gasteiger partial charge >= 0.3 is 6.09 Å². The minimum absolute atomic E-state index is 0.122. The molecule has 0 atom stereocenters. The summed E-state index contributed by atoms with van der Waals surface area (Å²) in [5, 5.41) is 4.28. The van der Waals surface area contributed by atoms with Crippen LogP contribution in [0.1, 0.15) is 42.8 Å². The molecule has 1 aliphatic heterocycles. The summed E-state index contributed by atoms with van der Waals surface area (Å²) in [5.41, 5.74) is 1.16. The van der Waals surface area contributed by atoms with Crippen molar-refractivity contribution in [1.82, 2.24) is 29.4 Å². The van der Waals surface area contributed by atoms with Gasteiger partial charge in [0, 0.05) is 37.6 Å². The van der Waals surface area contributed by atoms with Gasteiger partial charge in [0.1, 0.15) is 5.60 Å². The summed E-state index contributed by atoms with van der Waals surface area (Å²) in [5.74, 6) is 0.284. The first-order valence-electron chi connectivity index (χ1n) is 8.62. The predicted molar refractivity (Wildman–Crippen MR) is 94.0 cm³/mol. The molecule has 0 unspecified atom stereocenters. The highest BCUT2D eigenvalue weighted by atomic mass is 16.6. The molecule has 0 N–H and O–H groups in total. The van der Waals surface area contributed by atoms with E-state index < -0.39 is 5.60 Å². The third-order valence-electron chi connectivity index (χ3n) is 4.03. The highest BCUT2D eigenvalue weighted by molar-refractivity contribution is 5.91.